The molecule has 8 nitrogen and oxygen atoms in total. The summed E-state index contributed by atoms with van der Waals surface area (Å²) in [6.45, 7) is 0.720. The number of nitrogens with two attached hydrogens (primary N) is 1. The molecule has 1 unspecified atom stereocenters. The second kappa shape index (κ2) is 5.58. The number of sulfonamides is 1. The summed E-state index contributed by atoms with van der Waals surface area (Å²) in [7, 11) is -3.59. The monoisotopic (exact) mass is 324 g/mol. The molecule has 2 N–H and O–H groups in total. The Kier molecular flexibility index (Phi) is 3.75. The van der Waals surface area contributed by atoms with E-state index in [0.717, 1.165) is 5.76 Å². The lowest BCUT2D eigenvalue weighted by Gasteiger charge is -2.17. The summed E-state index contributed by atoms with van der Waals surface area (Å²) in [5.41, 5.74) is 0. The van der Waals surface area contributed by atoms with Gasteiger partial charge in [0.25, 0.3) is 0 Å². The van der Waals surface area contributed by atoms with Gasteiger partial charge in [-0.05, 0) is 12.1 Å². The van der Waals surface area contributed by atoms with Crippen LogP contribution in [0, 0.1) is 5.92 Å². The quantitative estimate of drug-likeness (QED) is 0.842. The van der Waals surface area contributed by atoms with Crippen molar-refractivity contribution in [1.29, 1.82) is 0 Å². The van der Waals surface area contributed by atoms with Crippen LogP contribution in [0.4, 0.5) is 5.82 Å². The highest BCUT2D eigenvalue weighted by Gasteiger charge is 2.34. The third-order valence-electron chi connectivity index (χ3n) is 3.53. The summed E-state index contributed by atoms with van der Waals surface area (Å²) in [5.74, 6) is 0.724. The smallest absolute Gasteiger partial charge is 0.228 e. The second-order valence-corrected chi connectivity index (χ2v) is 6.99. The Hall–Kier alpha value is -2.13. The molecule has 1 atom stereocenters. The molecule has 1 fully saturated rings. The van der Waals surface area contributed by atoms with E-state index in [2.05, 4.69) is 5.10 Å². The van der Waals surface area contributed by atoms with Crippen molar-refractivity contribution >= 4 is 21.7 Å². The summed E-state index contributed by atoms with van der Waals surface area (Å²) < 4.78 is 29.3. The van der Waals surface area contributed by atoms with E-state index < -0.39 is 10.0 Å². The number of furan rings is 1. The van der Waals surface area contributed by atoms with Crippen LogP contribution in [0.3, 0.4) is 0 Å². The van der Waals surface area contributed by atoms with Gasteiger partial charge in [0.1, 0.15) is 18.1 Å². The molecule has 118 valence electrons. The van der Waals surface area contributed by atoms with Crippen LogP contribution in [0.25, 0.3) is 0 Å². The van der Waals surface area contributed by atoms with Gasteiger partial charge < -0.3 is 4.42 Å². The number of anilines is 1. The van der Waals surface area contributed by atoms with E-state index in [4.69, 9.17) is 9.56 Å². The minimum absolute atomic E-state index is 0.130. The zero-order valence-corrected chi connectivity index (χ0v) is 12.6. The second-order valence-electron chi connectivity index (χ2n) is 5.33. The molecule has 2 aromatic heterocycles. The molecule has 22 heavy (non-hydrogen) atoms. The topological polar surface area (TPSA) is 111 Å². The molecule has 0 saturated carbocycles. The summed E-state index contributed by atoms with van der Waals surface area (Å²) in [5, 5.41) is 9.25. The van der Waals surface area contributed by atoms with Crippen LogP contribution in [0.2, 0.25) is 0 Å². The Morgan fingerprint density at radius 1 is 1.41 bits per heavy atom. The van der Waals surface area contributed by atoms with E-state index in [1.807, 2.05) is 6.07 Å². The molecule has 2 aromatic rings. The number of carbonyl (C=O) groups excluding carboxylic acids is 1. The summed E-state index contributed by atoms with van der Waals surface area (Å²) in [6.07, 6.45) is 3.34. The zero-order valence-electron chi connectivity index (χ0n) is 11.8. The van der Waals surface area contributed by atoms with Crippen molar-refractivity contribution in [3.63, 3.8) is 0 Å². The van der Waals surface area contributed by atoms with Gasteiger partial charge in [-0.25, -0.2) is 18.2 Å². The van der Waals surface area contributed by atoms with Crippen LogP contribution in [-0.4, -0.2) is 36.4 Å². The standard InChI is InChI=1S/C13H16N4O4S/c14-22(19,20)9-10-6-13(18)16(7-10)12-3-4-15-17(12)8-11-2-1-5-21-11/h1-5,10H,6-9H2,(H2,14,19,20). The van der Waals surface area contributed by atoms with Crippen LogP contribution in [0.5, 0.6) is 0 Å². The molecule has 1 saturated heterocycles. The Bertz CT molecular complexity index is 766. The number of nitrogens with zero attached hydrogens (tertiary/aromatic N) is 3. The SMILES string of the molecule is NS(=O)(=O)CC1CC(=O)N(c2ccnn2Cc2ccco2)C1. The predicted molar refractivity (Wildman–Crippen MR) is 78.5 cm³/mol. The van der Waals surface area contributed by atoms with Crippen molar-refractivity contribution in [1.82, 2.24) is 9.78 Å². The van der Waals surface area contributed by atoms with Gasteiger partial charge >= 0.3 is 0 Å². The number of primary sulfonamides is 1. The van der Waals surface area contributed by atoms with Crippen molar-refractivity contribution in [2.75, 3.05) is 17.2 Å². The van der Waals surface area contributed by atoms with Crippen molar-refractivity contribution in [2.45, 2.75) is 13.0 Å². The zero-order chi connectivity index (χ0) is 15.7. The maximum atomic E-state index is 12.1. The van der Waals surface area contributed by atoms with Crippen LogP contribution in [0.1, 0.15) is 12.2 Å². The van der Waals surface area contributed by atoms with E-state index in [1.54, 1.807) is 34.2 Å². The van der Waals surface area contributed by atoms with Crippen molar-refractivity contribution in [2.24, 2.45) is 11.1 Å². The minimum atomic E-state index is -3.59. The summed E-state index contributed by atoms with van der Waals surface area (Å²) in [6, 6.07) is 5.32. The molecule has 9 heteroatoms. The van der Waals surface area contributed by atoms with Crippen molar-refractivity contribution < 1.29 is 17.6 Å². The first-order chi connectivity index (χ1) is 10.4. The first kappa shape index (κ1) is 14.8. The molecule has 1 amide bonds. The molecule has 3 heterocycles. The van der Waals surface area contributed by atoms with E-state index in [9.17, 15) is 13.2 Å². The van der Waals surface area contributed by atoms with Gasteiger partial charge in [0.05, 0.1) is 18.2 Å². The van der Waals surface area contributed by atoms with Crippen LogP contribution in [0.15, 0.2) is 35.1 Å². The van der Waals surface area contributed by atoms with Crippen molar-refractivity contribution in [3.8, 4) is 0 Å². The number of amides is 1. The molecule has 1 aliphatic rings. The number of hydrogen-bond donors (Lipinski definition) is 1. The number of hydrogen-bond acceptors (Lipinski definition) is 5. The fourth-order valence-corrected chi connectivity index (χ4v) is 3.55. The molecule has 0 aromatic carbocycles. The van der Waals surface area contributed by atoms with Crippen LogP contribution >= 0.6 is 0 Å². The first-order valence-corrected chi connectivity index (χ1v) is 8.49. The summed E-state index contributed by atoms with van der Waals surface area (Å²) in [4.78, 5) is 13.7. The molecular weight excluding hydrogens is 308 g/mol. The highest BCUT2D eigenvalue weighted by molar-refractivity contribution is 7.89. The number of carbonyl (C=O) groups is 1. The predicted octanol–water partition coefficient (Wildman–Crippen LogP) is 0.166. The normalized spacial score (nSPS) is 19.0. The van der Waals surface area contributed by atoms with Gasteiger partial charge in [-0.3, -0.25) is 9.69 Å². The van der Waals surface area contributed by atoms with Gasteiger partial charge in [0.2, 0.25) is 15.9 Å². The fourth-order valence-electron chi connectivity index (χ4n) is 2.67. The van der Waals surface area contributed by atoms with E-state index >= 15 is 0 Å². The highest BCUT2D eigenvalue weighted by atomic mass is 32.2. The Morgan fingerprint density at radius 2 is 2.23 bits per heavy atom. The lowest BCUT2D eigenvalue weighted by Crippen LogP contribution is -2.29. The Labute approximate surface area is 127 Å². The van der Waals surface area contributed by atoms with Gasteiger partial charge in [-0.1, -0.05) is 0 Å². The number of rotatable bonds is 5. The molecular formula is C13H16N4O4S. The van der Waals surface area contributed by atoms with E-state index in [0.29, 0.717) is 18.9 Å². The fraction of sp³-hybridized carbons (Fsp3) is 0.385. The van der Waals surface area contributed by atoms with Gasteiger partial charge in [-0.15, -0.1) is 0 Å². The molecule has 0 spiro atoms. The van der Waals surface area contributed by atoms with Gasteiger partial charge in [0.15, 0.2) is 0 Å². The largest absolute Gasteiger partial charge is 0.467 e. The molecule has 1 aliphatic heterocycles. The van der Waals surface area contributed by atoms with E-state index in [1.165, 1.54) is 0 Å². The minimum Gasteiger partial charge on any atom is -0.467 e. The average molecular weight is 324 g/mol. The molecule has 0 radical (unpaired) electrons. The first-order valence-electron chi connectivity index (χ1n) is 6.77. The summed E-state index contributed by atoms with van der Waals surface area (Å²) >= 11 is 0. The lowest BCUT2D eigenvalue weighted by atomic mass is 10.1. The molecule has 0 aliphatic carbocycles. The molecule has 0 bridgehead atoms. The maximum absolute atomic E-state index is 12.1. The Morgan fingerprint density at radius 3 is 2.91 bits per heavy atom. The van der Waals surface area contributed by atoms with Crippen molar-refractivity contribution in [3.05, 3.63) is 36.4 Å². The third kappa shape index (κ3) is 3.20. The lowest BCUT2D eigenvalue weighted by molar-refractivity contribution is -0.117. The Balaban J connectivity index is 1.77. The van der Waals surface area contributed by atoms with Crippen LogP contribution < -0.4 is 10.0 Å². The average Bonchev–Trinajstić information content (AvgIpc) is 3.10. The maximum Gasteiger partial charge on any atom is 0.228 e. The van der Waals surface area contributed by atoms with Gasteiger partial charge in [-0.2, -0.15) is 5.10 Å². The molecule has 3 rings (SSSR count). The van der Waals surface area contributed by atoms with E-state index in [-0.39, 0.29) is 24.0 Å². The number of aromatic nitrogens is 2. The van der Waals surface area contributed by atoms with Crippen LogP contribution in [-0.2, 0) is 21.4 Å². The van der Waals surface area contributed by atoms with Gasteiger partial charge in [0, 0.05) is 24.9 Å². The third-order valence-corrected chi connectivity index (χ3v) is 4.47. The highest BCUT2D eigenvalue weighted by Crippen LogP contribution is 2.26.